The van der Waals surface area contributed by atoms with E-state index in [9.17, 15) is 9.59 Å². The van der Waals surface area contributed by atoms with Crippen molar-refractivity contribution >= 4 is 12.0 Å². The number of ether oxygens (including phenoxy) is 1. The van der Waals surface area contributed by atoms with Gasteiger partial charge in [0.05, 0.1) is 6.10 Å². The summed E-state index contributed by atoms with van der Waals surface area (Å²) in [5, 5.41) is 11.9. The number of carbonyl (C=O) groups excluding carboxylic acids is 1. The van der Waals surface area contributed by atoms with Crippen molar-refractivity contribution in [3.63, 3.8) is 0 Å². The van der Waals surface area contributed by atoms with E-state index in [1.807, 2.05) is 11.8 Å². The summed E-state index contributed by atoms with van der Waals surface area (Å²) in [6, 6.07) is 0.194. The third kappa shape index (κ3) is 4.88. The normalized spacial score (nSPS) is 30.0. The molecule has 21 heavy (non-hydrogen) atoms. The van der Waals surface area contributed by atoms with Gasteiger partial charge in [-0.2, -0.15) is 0 Å². The van der Waals surface area contributed by atoms with E-state index < -0.39 is 5.97 Å². The average Bonchev–Trinajstić information content (AvgIpc) is 2.45. The van der Waals surface area contributed by atoms with Crippen LogP contribution in [0.15, 0.2) is 0 Å². The van der Waals surface area contributed by atoms with Gasteiger partial charge in [-0.25, -0.2) is 4.79 Å². The van der Waals surface area contributed by atoms with E-state index in [2.05, 4.69) is 5.32 Å². The summed E-state index contributed by atoms with van der Waals surface area (Å²) < 4.78 is 5.49. The molecule has 6 nitrogen and oxygen atoms in total. The highest BCUT2D eigenvalue weighted by atomic mass is 16.5. The Morgan fingerprint density at radius 3 is 2.86 bits per heavy atom. The number of piperidine rings is 1. The number of hydrogen-bond acceptors (Lipinski definition) is 3. The topological polar surface area (TPSA) is 78.9 Å². The summed E-state index contributed by atoms with van der Waals surface area (Å²) in [7, 11) is 0. The van der Waals surface area contributed by atoms with Gasteiger partial charge in [0.25, 0.3) is 0 Å². The van der Waals surface area contributed by atoms with E-state index in [-0.39, 0.29) is 30.6 Å². The van der Waals surface area contributed by atoms with Crippen molar-refractivity contribution in [2.24, 2.45) is 0 Å². The monoisotopic (exact) mass is 298 g/mol. The highest BCUT2D eigenvalue weighted by Crippen LogP contribution is 2.22. The molecule has 2 N–H and O–H groups in total. The van der Waals surface area contributed by atoms with E-state index in [0.717, 1.165) is 38.6 Å². The second-order valence-electron chi connectivity index (χ2n) is 6.13. The maximum atomic E-state index is 12.5. The first-order valence-corrected chi connectivity index (χ1v) is 7.97. The van der Waals surface area contributed by atoms with Crippen molar-refractivity contribution in [3.8, 4) is 0 Å². The van der Waals surface area contributed by atoms with Gasteiger partial charge in [-0.1, -0.05) is 0 Å². The Morgan fingerprint density at radius 1 is 1.33 bits per heavy atom. The highest BCUT2D eigenvalue weighted by Gasteiger charge is 2.29. The summed E-state index contributed by atoms with van der Waals surface area (Å²) in [6.07, 6.45) is 5.54. The van der Waals surface area contributed by atoms with E-state index >= 15 is 0 Å². The zero-order valence-corrected chi connectivity index (χ0v) is 12.7. The minimum atomic E-state index is -0.792. The summed E-state index contributed by atoms with van der Waals surface area (Å²) in [4.78, 5) is 25.0. The van der Waals surface area contributed by atoms with Crippen molar-refractivity contribution in [1.29, 1.82) is 0 Å². The SMILES string of the molecule is CC1CC(NC(=O)N2CCCCC2CCC(=O)O)CCO1. The maximum absolute atomic E-state index is 12.5. The molecule has 2 fully saturated rings. The summed E-state index contributed by atoms with van der Waals surface area (Å²) in [5.41, 5.74) is 0. The number of hydrogen-bond donors (Lipinski definition) is 2. The van der Waals surface area contributed by atoms with Crippen LogP contribution in [0.2, 0.25) is 0 Å². The lowest BCUT2D eigenvalue weighted by Gasteiger charge is -2.37. The molecule has 0 aliphatic carbocycles. The fourth-order valence-corrected chi connectivity index (χ4v) is 3.24. The Kier molecular flexibility index (Phi) is 5.85. The number of carboxylic acid groups (broad SMARTS) is 1. The highest BCUT2D eigenvalue weighted by molar-refractivity contribution is 5.75. The van der Waals surface area contributed by atoms with Crippen LogP contribution in [0.5, 0.6) is 0 Å². The van der Waals surface area contributed by atoms with Gasteiger partial charge < -0.3 is 20.1 Å². The lowest BCUT2D eigenvalue weighted by Crippen LogP contribution is -2.52. The fourth-order valence-electron chi connectivity index (χ4n) is 3.24. The number of carboxylic acids is 1. The quantitative estimate of drug-likeness (QED) is 0.832. The lowest BCUT2D eigenvalue weighted by molar-refractivity contribution is -0.137. The lowest BCUT2D eigenvalue weighted by atomic mass is 9.98. The van der Waals surface area contributed by atoms with E-state index in [1.165, 1.54) is 0 Å². The van der Waals surface area contributed by atoms with Gasteiger partial charge in [-0.15, -0.1) is 0 Å². The molecule has 2 saturated heterocycles. The Bertz CT molecular complexity index is 375. The molecule has 120 valence electrons. The van der Waals surface area contributed by atoms with Gasteiger partial charge in [0.15, 0.2) is 0 Å². The van der Waals surface area contributed by atoms with Crippen molar-refractivity contribution in [2.45, 2.75) is 70.1 Å². The summed E-state index contributed by atoms with van der Waals surface area (Å²) in [6.45, 7) is 3.44. The minimum absolute atomic E-state index is 0.0378. The first-order valence-electron chi connectivity index (χ1n) is 7.97. The predicted octanol–water partition coefficient (Wildman–Crippen LogP) is 1.98. The van der Waals surface area contributed by atoms with Gasteiger partial charge in [0.2, 0.25) is 0 Å². The molecule has 2 amide bonds. The predicted molar refractivity (Wildman–Crippen MR) is 78.2 cm³/mol. The van der Waals surface area contributed by atoms with Crippen molar-refractivity contribution in [1.82, 2.24) is 10.2 Å². The van der Waals surface area contributed by atoms with E-state index in [1.54, 1.807) is 0 Å². The number of nitrogens with one attached hydrogen (secondary N) is 1. The molecule has 2 aliphatic heterocycles. The third-order valence-electron chi connectivity index (χ3n) is 4.39. The molecular weight excluding hydrogens is 272 g/mol. The van der Waals surface area contributed by atoms with Crippen LogP contribution < -0.4 is 5.32 Å². The van der Waals surface area contributed by atoms with Crippen molar-refractivity contribution in [2.75, 3.05) is 13.2 Å². The number of urea groups is 1. The van der Waals surface area contributed by atoms with Crippen LogP contribution in [0.1, 0.15) is 51.9 Å². The van der Waals surface area contributed by atoms with Gasteiger partial charge in [-0.3, -0.25) is 4.79 Å². The molecule has 0 radical (unpaired) electrons. The first kappa shape index (κ1) is 16.1. The summed E-state index contributed by atoms with van der Waals surface area (Å²) in [5.74, 6) is -0.792. The Balaban J connectivity index is 1.86. The fraction of sp³-hybridized carbons (Fsp3) is 0.867. The van der Waals surface area contributed by atoms with Crippen molar-refractivity contribution in [3.05, 3.63) is 0 Å². The Hall–Kier alpha value is -1.30. The van der Waals surface area contributed by atoms with Gasteiger partial charge in [0.1, 0.15) is 0 Å². The second kappa shape index (κ2) is 7.64. The van der Waals surface area contributed by atoms with Gasteiger partial charge in [-0.05, 0) is 45.4 Å². The molecule has 0 aromatic heterocycles. The second-order valence-corrected chi connectivity index (χ2v) is 6.13. The van der Waals surface area contributed by atoms with E-state index in [0.29, 0.717) is 13.0 Å². The van der Waals surface area contributed by atoms with Crippen LogP contribution in [0.3, 0.4) is 0 Å². The minimum Gasteiger partial charge on any atom is -0.481 e. The molecular formula is C15H26N2O4. The summed E-state index contributed by atoms with van der Waals surface area (Å²) >= 11 is 0. The molecule has 0 spiro atoms. The van der Waals surface area contributed by atoms with E-state index in [4.69, 9.17) is 9.84 Å². The molecule has 0 saturated carbocycles. The standard InChI is InChI=1S/C15H26N2O4/c1-11-10-12(7-9-21-11)16-15(20)17-8-3-2-4-13(17)5-6-14(18)19/h11-13H,2-10H2,1H3,(H,16,20)(H,18,19). The zero-order valence-electron chi connectivity index (χ0n) is 12.7. The molecule has 3 atom stereocenters. The molecule has 3 unspecified atom stereocenters. The molecule has 6 heteroatoms. The van der Waals surface area contributed by atoms with Crippen LogP contribution in [0.4, 0.5) is 4.79 Å². The maximum Gasteiger partial charge on any atom is 0.317 e. The number of nitrogens with zero attached hydrogens (tertiary/aromatic N) is 1. The van der Waals surface area contributed by atoms with Crippen LogP contribution in [0, 0.1) is 0 Å². The molecule has 2 aliphatic rings. The number of amides is 2. The van der Waals surface area contributed by atoms with Crippen molar-refractivity contribution < 1.29 is 19.4 Å². The Morgan fingerprint density at radius 2 is 2.14 bits per heavy atom. The number of aliphatic carboxylic acids is 1. The van der Waals surface area contributed by atoms with Crippen LogP contribution >= 0.6 is 0 Å². The molecule has 0 aromatic carbocycles. The average molecular weight is 298 g/mol. The zero-order chi connectivity index (χ0) is 15.2. The number of rotatable bonds is 4. The van der Waals surface area contributed by atoms with Gasteiger partial charge >= 0.3 is 12.0 Å². The molecule has 0 aromatic rings. The Labute approximate surface area is 125 Å². The molecule has 2 heterocycles. The molecule has 2 rings (SSSR count). The largest absolute Gasteiger partial charge is 0.481 e. The first-order chi connectivity index (χ1) is 10.1. The number of likely N-dealkylation sites (tertiary alicyclic amines) is 1. The third-order valence-corrected chi connectivity index (χ3v) is 4.39. The van der Waals surface area contributed by atoms with Crippen LogP contribution in [-0.2, 0) is 9.53 Å². The number of carbonyl (C=O) groups is 2. The smallest absolute Gasteiger partial charge is 0.317 e. The molecule has 0 bridgehead atoms. The van der Waals surface area contributed by atoms with Gasteiger partial charge in [0, 0.05) is 31.7 Å². The van der Waals surface area contributed by atoms with Crippen LogP contribution in [-0.4, -0.2) is 53.3 Å². The van der Waals surface area contributed by atoms with Crippen LogP contribution in [0.25, 0.3) is 0 Å².